The maximum atomic E-state index is 5.94. The molecule has 0 aromatic carbocycles. The van der Waals surface area contributed by atoms with Gasteiger partial charge in [-0.1, -0.05) is 18.5 Å². The average molecular weight is 213 g/mol. The first-order valence-electron chi connectivity index (χ1n) is 4.38. The fraction of sp³-hybridized carbons (Fsp3) is 0.400. The van der Waals surface area contributed by atoms with Crippen LogP contribution in [0.1, 0.15) is 24.9 Å². The second-order valence-corrected chi connectivity index (χ2v) is 3.27. The molecule has 0 saturated carbocycles. The standard InChI is InChI=1S/C10H13ClN2O/c1-4-9(12-2)7-5-8(11)10(14-3)13-6-7/h5-6,9H,2,4H2,1,3H3. The van der Waals surface area contributed by atoms with Crippen molar-refractivity contribution in [3.63, 3.8) is 0 Å². The molecule has 0 aliphatic rings. The number of nitrogens with zero attached hydrogens (tertiary/aromatic N) is 2. The summed E-state index contributed by atoms with van der Waals surface area (Å²) in [5.41, 5.74) is 0.966. The summed E-state index contributed by atoms with van der Waals surface area (Å²) in [5.74, 6) is 0.439. The van der Waals surface area contributed by atoms with E-state index in [1.54, 1.807) is 6.20 Å². The lowest BCUT2D eigenvalue weighted by molar-refractivity contribution is 0.397. The first kappa shape index (κ1) is 11.0. The van der Waals surface area contributed by atoms with E-state index in [9.17, 15) is 0 Å². The summed E-state index contributed by atoms with van der Waals surface area (Å²) in [5, 5.41) is 0.507. The Morgan fingerprint density at radius 3 is 2.86 bits per heavy atom. The number of halogens is 1. The molecule has 1 unspecified atom stereocenters. The zero-order valence-electron chi connectivity index (χ0n) is 8.33. The molecule has 14 heavy (non-hydrogen) atoms. The van der Waals surface area contributed by atoms with Gasteiger partial charge in [-0.2, -0.15) is 0 Å². The van der Waals surface area contributed by atoms with Crippen molar-refractivity contribution in [1.82, 2.24) is 4.98 Å². The van der Waals surface area contributed by atoms with Gasteiger partial charge in [0.15, 0.2) is 0 Å². The van der Waals surface area contributed by atoms with E-state index < -0.39 is 0 Å². The normalized spacial score (nSPS) is 12.2. The van der Waals surface area contributed by atoms with Crippen molar-refractivity contribution < 1.29 is 4.74 Å². The third-order valence-corrected chi connectivity index (χ3v) is 2.28. The third kappa shape index (κ3) is 2.23. The predicted octanol–water partition coefficient (Wildman–Crippen LogP) is 2.90. The van der Waals surface area contributed by atoms with Gasteiger partial charge < -0.3 is 4.74 Å². The molecule has 1 rings (SSSR count). The summed E-state index contributed by atoms with van der Waals surface area (Å²) in [7, 11) is 1.54. The Morgan fingerprint density at radius 2 is 2.43 bits per heavy atom. The Labute approximate surface area is 88.8 Å². The highest BCUT2D eigenvalue weighted by molar-refractivity contribution is 6.31. The molecular weight excluding hydrogens is 200 g/mol. The first-order chi connectivity index (χ1) is 6.72. The van der Waals surface area contributed by atoms with Crippen LogP contribution in [0.15, 0.2) is 17.3 Å². The van der Waals surface area contributed by atoms with Gasteiger partial charge in [-0.05, 0) is 24.8 Å². The van der Waals surface area contributed by atoms with Gasteiger partial charge in [0.25, 0.3) is 0 Å². The summed E-state index contributed by atoms with van der Waals surface area (Å²) in [6.07, 6.45) is 2.60. The van der Waals surface area contributed by atoms with Crippen molar-refractivity contribution >= 4 is 18.3 Å². The lowest BCUT2D eigenvalue weighted by Crippen LogP contribution is -1.96. The maximum Gasteiger partial charge on any atom is 0.232 e. The van der Waals surface area contributed by atoms with E-state index in [0.29, 0.717) is 10.9 Å². The molecule has 0 spiro atoms. The highest BCUT2D eigenvalue weighted by Crippen LogP contribution is 2.27. The zero-order chi connectivity index (χ0) is 10.6. The minimum Gasteiger partial charge on any atom is -0.480 e. The van der Waals surface area contributed by atoms with E-state index in [1.165, 1.54) is 7.11 Å². The molecule has 0 saturated heterocycles. The Morgan fingerprint density at radius 1 is 1.71 bits per heavy atom. The van der Waals surface area contributed by atoms with Crippen LogP contribution in [0.25, 0.3) is 0 Å². The molecule has 4 heteroatoms. The molecule has 0 bridgehead atoms. The number of ether oxygens (including phenoxy) is 1. The first-order valence-corrected chi connectivity index (χ1v) is 4.76. The van der Waals surface area contributed by atoms with Gasteiger partial charge in [0, 0.05) is 6.20 Å². The van der Waals surface area contributed by atoms with Crippen LogP contribution >= 0.6 is 11.6 Å². The second kappa shape index (κ2) is 4.96. The van der Waals surface area contributed by atoms with Crippen molar-refractivity contribution in [3.8, 4) is 5.88 Å². The molecule has 0 aliphatic carbocycles. The summed E-state index contributed by atoms with van der Waals surface area (Å²) in [6.45, 7) is 5.57. The van der Waals surface area contributed by atoms with Crippen LogP contribution in [0.3, 0.4) is 0 Å². The number of hydrogen-bond acceptors (Lipinski definition) is 3. The fourth-order valence-electron chi connectivity index (χ4n) is 1.24. The van der Waals surface area contributed by atoms with Gasteiger partial charge in [0.05, 0.1) is 13.2 Å². The minimum atomic E-state index is 0.0610. The maximum absolute atomic E-state index is 5.94. The van der Waals surface area contributed by atoms with Crippen LogP contribution in [0.2, 0.25) is 5.02 Å². The molecule has 3 nitrogen and oxygen atoms in total. The highest BCUT2D eigenvalue weighted by atomic mass is 35.5. The number of aromatic nitrogens is 1. The highest BCUT2D eigenvalue weighted by Gasteiger charge is 2.09. The molecule has 0 radical (unpaired) electrons. The van der Waals surface area contributed by atoms with Gasteiger partial charge in [-0.15, -0.1) is 0 Å². The van der Waals surface area contributed by atoms with E-state index >= 15 is 0 Å². The Bertz CT molecular complexity index is 328. The Balaban J connectivity index is 3.01. The molecule has 76 valence electrons. The fourth-order valence-corrected chi connectivity index (χ4v) is 1.49. The third-order valence-electron chi connectivity index (χ3n) is 2.01. The van der Waals surface area contributed by atoms with Crippen molar-refractivity contribution in [2.24, 2.45) is 4.99 Å². The van der Waals surface area contributed by atoms with Crippen LogP contribution in [0.4, 0.5) is 0 Å². The molecule has 0 N–H and O–H groups in total. The smallest absolute Gasteiger partial charge is 0.232 e. The number of aliphatic imine (C=N–C) groups is 1. The molecule has 0 amide bonds. The zero-order valence-corrected chi connectivity index (χ0v) is 9.08. The van der Waals surface area contributed by atoms with E-state index in [2.05, 4.69) is 16.7 Å². The predicted molar refractivity (Wildman–Crippen MR) is 58.4 cm³/mol. The van der Waals surface area contributed by atoms with E-state index in [4.69, 9.17) is 16.3 Å². The van der Waals surface area contributed by atoms with Gasteiger partial charge in [0.1, 0.15) is 5.02 Å². The minimum absolute atomic E-state index is 0.0610. The summed E-state index contributed by atoms with van der Waals surface area (Å²) < 4.78 is 4.96. The number of rotatable bonds is 4. The van der Waals surface area contributed by atoms with Crippen LogP contribution in [0, 0.1) is 0 Å². The number of methoxy groups -OCH3 is 1. The van der Waals surface area contributed by atoms with Gasteiger partial charge in [-0.3, -0.25) is 4.99 Å². The molecule has 1 aromatic heterocycles. The van der Waals surface area contributed by atoms with E-state index in [1.807, 2.05) is 13.0 Å². The van der Waals surface area contributed by atoms with E-state index in [-0.39, 0.29) is 6.04 Å². The summed E-state index contributed by atoms with van der Waals surface area (Å²) in [4.78, 5) is 8.06. The van der Waals surface area contributed by atoms with Crippen molar-refractivity contribution in [3.05, 3.63) is 22.8 Å². The molecule has 1 heterocycles. The molecular formula is C10H13ClN2O. The molecule has 0 aliphatic heterocycles. The topological polar surface area (TPSA) is 34.5 Å². The molecule has 1 atom stereocenters. The summed E-state index contributed by atoms with van der Waals surface area (Å²) >= 11 is 5.94. The quantitative estimate of drug-likeness (QED) is 0.720. The number of hydrogen-bond donors (Lipinski definition) is 0. The van der Waals surface area contributed by atoms with Crippen LogP contribution < -0.4 is 4.74 Å². The number of pyridine rings is 1. The van der Waals surface area contributed by atoms with Crippen molar-refractivity contribution in [2.75, 3.05) is 7.11 Å². The van der Waals surface area contributed by atoms with Crippen LogP contribution in [-0.2, 0) is 0 Å². The molecule has 1 aromatic rings. The van der Waals surface area contributed by atoms with Crippen LogP contribution in [0.5, 0.6) is 5.88 Å². The Hall–Kier alpha value is -1.09. The summed E-state index contributed by atoms with van der Waals surface area (Å²) in [6, 6.07) is 1.88. The van der Waals surface area contributed by atoms with Crippen LogP contribution in [-0.4, -0.2) is 18.8 Å². The Kier molecular flexibility index (Phi) is 3.89. The van der Waals surface area contributed by atoms with Gasteiger partial charge >= 0.3 is 0 Å². The SMILES string of the molecule is C=NC(CC)c1cnc(OC)c(Cl)c1. The lowest BCUT2D eigenvalue weighted by Gasteiger charge is -2.10. The lowest BCUT2D eigenvalue weighted by atomic mass is 10.1. The van der Waals surface area contributed by atoms with Gasteiger partial charge in [-0.25, -0.2) is 4.98 Å². The van der Waals surface area contributed by atoms with Crippen molar-refractivity contribution in [1.29, 1.82) is 0 Å². The largest absolute Gasteiger partial charge is 0.480 e. The second-order valence-electron chi connectivity index (χ2n) is 2.87. The molecule has 0 fully saturated rings. The van der Waals surface area contributed by atoms with Gasteiger partial charge in [0.2, 0.25) is 5.88 Å². The van der Waals surface area contributed by atoms with Crippen molar-refractivity contribution in [2.45, 2.75) is 19.4 Å². The van der Waals surface area contributed by atoms with E-state index in [0.717, 1.165) is 12.0 Å². The monoisotopic (exact) mass is 212 g/mol. The average Bonchev–Trinajstić information content (AvgIpc) is 2.20.